The molecule has 0 amide bonds. The number of phenols is 1. The second-order valence-electron chi connectivity index (χ2n) is 14.7. The summed E-state index contributed by atoms with van der Waals surface area (Å²) in [5.74, 6) is 0.839. The molecule has 0 aliphatic heterocycles. The Morgan fingerprint density at radius 3 is 1.88 bits per heavy atom. The molecule has 6 heteroatoms. The van der Waals surface area contributed by atoms with Crippen molar-refractivity contribution >= 4 is 32.8 Å². The van der Waals surface area contributed by atoms with Gasteiger partial charge >= 0.3 is 0 Å². The van der Waals surface area contributed by atoms with Crippen molar-refractivity contribution in [2.75, 3.05) is 0 Å². The Morgan fingerprint density at radius 1 is 0.544 bits per heavy atom. The van der Waals surface area contributed by atoms with E-state index in [4.69, 9.17) is 9.97 Å². The number of hydrogen-bond donors (Lipinski definition) is 1. The van der Waals surface area contributed by atoms with E-state index in [-0.39, 0.29) is 32.2 Å². The molecule has 3 aromatic heterocycles. The first-order chi connectivity index (χ1) is 27.5. The second-order valence-corrected chi connectivity index (χ2v) is 14.7. The standard InChI is InChI=1S/C51H37N4O.Pt/c1-51(2,36-17-6-3-7-18-36)37-32-34(40-25-16-27-45-48(40)53-50(43-24-13-15-28-46(43)56)55(45)39-21-10-5-11-22-39)31-35(33-37)47-49-42(29-30-52-47)41-23-12-14-26-44(41)54(49)38-19-8-4-9-20-38;/h3-30,32-33,56H,1-2H3;/q-1;. The number of pyridine rings is 1. The Kier molecular flexibility index (Phi) is 9.19. The Hall–Kier alpha value is -6.55. The molecule has 1 N–H and O–H groups in total. The molecule has 0 unspecified atom stereocenters. The molecule has 0 aliphatic carbocycles. The molecule has 0 saturated heterocycles. The van der Waals surface area contributed by atoms with Crippen LogP contribution in [0.1, 0.15) is 25.0 Å². The molecule has 0 saturated carbocycles. The molecule has 57 heavy (non-hydrogen) atoms. The molecule has 0 spiro atoms. The summed E-state index contributed by atoms with van der Waals surface area (Å²) in [4.78, 5) is 10.5. The molecule has 7 aromatic carbocycles. The van der Waals surface area contributed by atoms with Crippen LogP contribution in [0.3, 0.4) is 0 Å². The smallest absolute Gasteiger partial charge is 0.148 e. The van der Waals surface area contributed by atoms with Gasteiger partial charge in [-0.05, 0) is 60.2 Å². The molecule has 0 radical (unpaired) electrons. The number of phenolic OH excluding ortho intramolecular Hbond substituents is 1. The molecule has 3 heterocycles. The van der Waals surface area contributed by atoms with Crippen LogP contribution >= 0.6 is 0 Å². The van der Waals surface area contributed by atoms with Gasteiger partial charge < -0.3 is 9.67 Å². The van der Waals surface area contributed by atoms with E-state index >= 15 is 0 Å². The number of benzene rings is 7. The fraction of sp³-hybridized carbons (Fsp3) is 0.0588. The average molecular weight is 917 g/mol. The predicted molar refractivity (Wildman–Crippen MR) is 229 cm³/mol. The zero-order valence-electron chi connectivity index (χ0n) is 31.4. The molecular formula is C51H37N4OPt-. The summed E-state index contributed by atoms with van der Waals surface area (Å²) in [7, 11) is 0. The Labute approximate surface area is 345 Å². The van der Waals surface area contributed by atoms with Gasteiger partial charge in [0.1, 0.15) is 11.6 Å². The van der Waals surface area contributed by atoms with Crippen molar-refractivity contribution in [3.63, 3.8) is 0 Å². The van der Waals surface area contributed by atoms with Crippen molar-refractivity contribution in [1.29, 1.82) is 0 Å². The fourth-order valence-electron chi connectivity index (χ4n) is 8.18. The normalized spacial score (nSPS) is 11.6. The van der Waals surface area contributed by atoms with Crippen molar-refractivity contribution < 1.29 is 26.2 Å². The maximum Gasteiger partial charge on any atom is 0.148 e. The van der Waals surface area contributed by atoms with Gasteiger partial charge in [-0.2, -0.15) is 0 Å². The molecule has 0 atom stereocenters. The zero-order valence-corrected chi connectivity index (χ0v) is 33.6. The van der Waals surface area contributed by atoms with Crippen LogP contribution in [0.5, 0.6) is 5.75 Å². The summed E-state index contributed by atoms with van der Waals surface area (Å²) in [5, 5.41) is 13.4. The number of fused-ring (bicyclic) bond motifs is 4. The summed E-state index contributed by atoms with van der Waals surface area (Å²) < 4.78 is 4.46. The Morgan fingerprint density at radius 2 is 1.14 bits per heavy atom. The first-order valence-electron chi connectivity index (χ1n) is 18.9. The third-order valence-corrected chi connectivity index (χ3v) is 11.1. The van der Waals surface area contributed by atoms with Crippen LogP contribution in [-0.4, -0.2) is 24.2 Å². The van der Waals surface area contributed by atoms with Gasteiger partial charge in [0.05, 0.1) is 22.1 Å². The molecule has 0 aliphatic rings. The van der Waals surface area contributed by atoms with Gasteiger partial charge in [-0.1, -0.05) is 134 Å². The first-order valence-corrected chi connectivity index (χ1v) is 18.9. The average Bonchev–Trinajstić information content (AvgIpc) is 3.81. The number of nitrogens with zero attached hydrogens (tertiary/aromatic N) is 4. The molecule has 0 bridgehead atoms. The van der Waals surface area contributed by atoms with Gasteiger partial charge in [0, 0.05) is 66.0 Å². The van der Waals surface area contributed by atoms with Crippen LogP contribution in [0.25, 0.3) is 78.0 Å². The molecular weight excluding hydrogens is 880 g/mol. The van der Waals surface area contributed by atoms with Gasteiger partial charge in [0.2, 0.25) is 0 Å². The van der Waals surface area contributed by atoms with E-state index in [0.717, 1.165) is 66.8 Å². The van der Waals surface area contributed by atoms with Gasteiger partial charge in [-0.15, -0.1) is 29.3 Å². The zero-order chi connectivity index (χ0) is 37.8. The van der Waals surface area contributed by atoms with Crippen LogP contribution in [0, 0.1) is 6.07 Å². The van der Waals surface area contributed by atoms with E-state index in [1.54, 1.807) is 6.07 Å². The van der Waals surface area contributed by atoms with Crippen molar-refractivity contribution in [2.24, 2.45) is 0 Å². The van der Waals surface area contributed by atoms with Crippen LogP contribution in [-0.2, 0) is 26.5 Å². The minimum atomic E-state index is -0.363. The van der Waals surface area contributed by atoms with Crippen molar-refractivity contribution in [3.05, 3.63) is 199 Å². The van der Waals surface area contributed by atoms with Crippen LogP contribution < -0.4 is 0 Å². The third kappa shape index (κ3) is 6.07. The van der Waals surface area contributed by atoms with Crippen molar-refractivity contribution in [2.45, 2.75) is 19.3 Å². The number of aromatic nitrogens is 4. The quantitative estimate of drug-likeness (QED) is 0.162. The van der Waals surface area contributed by atoms with E-state index in [9.17, 15) is 5.11 Å². The first kappa shape index (κ1) is 36.1. The van der Waals surface area contributed by atoms with E-state index < -0.39 is 0 Å². The number of imidazole rings is 1. The molecule has 0 fully saturated rings. The van der Waals surface area contributed by atoms with Gasteiger partial charge in [0.25, 0.3) is 0 Å². The summed E-state index contributed by atoms with van der Waals surface area (Å²) in [6, 6.07) is 64.2. The summed E-state index contributed by atoms with van der Waals surface area (Å²) >= 11 is 0. The van der Waals surface area contributed by atoms with E-state index in [1.165, 1.54) is 10.9 Å². The van der Waals surface area contributed by atoms with Crippen LogP contribution in [0.15, 0.2) is 182 Å². The Balaban J connectivity index is 0.00000422. The van der Waals surface area contributed by atoms with Crippen molar-refractivity contribution in [1.82, 2.24) is 19.1 Å². The van der Waals surface area contributed by atoms with Gasteiger partial charge in [0.15, 0.2) is 0 Å². The van der Waals surface area contributed by atoms with Crippen LogP contribution in [0.2, 0.25) is 0 Å². The van der Waals surface area contributed by atoms with E-state index in [0.29, 0.717) is 11.4 Å². The minimum absolute atomic E-state index is 0. The van der Waals surface area contributed by atoms with Gasteiger partial charge in [-0.3, -0.25) is 9.55 Å². The molecule has 10 aromatic rings. The van der Waals surface area contributed by atoms with E-state index in [2.05, 4.69) is 163 Å². The second kappa shape index (κ2) is 14.5. The van der Waals surface area contributed by atoms with Crippen LogP contribution in [0.4, 0.5) is 0 Å². The maximum absolute atomic E-state index is 11.1. The number of aromatic hydroxyl groups is 1. The Bertz CT molecular complexity index is 3060. The summed E-state index contributed by atoms with van der Waals surface area (Å²) in [5.41, 5.74) is 12.2. The van der Waals surface area contributed by atoms with Crippen molar-refractivity contribution in [3.8, 4) is 50.9 Å². The number of hydrogen-bond acceptors (Lipinski definition) is 3. The number of rotatable bonds is 7. The summed E-state index contributed by atoms with van der Waals surface area (Å²) in [6.45, 7) is 4.56. The molecule has 278 valence electrons. The molecule has 5 nitrogen and oxygen atoms in total. The topological polar surface area (TPSA) is 55.9 Å². The molecule has 10 rings (SSSR count). The van der Waals surface area contributed by atoms with E-state index in [1.807, 2.05) is 42.6 Å². The number of para-hydroxylation sites is 5. The predicted octanol–water partition coefficient (Wildman–Crippen LogP) is 12.3. The fourth-order valence-corrected chi connectivity index (χ4v) is 8.18. The summed E-state index contributed by atoms with van der Waals surface area (Å²) in [6.07, 6.45) is 1.92. The van der Waals surface area contributed by atoms with Gasteiger partial charge in [-0.25, -0.2) is 4.98 Å². The minimum Gasteiger partial charge on any atom is -0.507 e. The largest absolute Gasteiger partial charge is 0.507 e. The third-order valence-electron chi connectivity index (χ3n) is 11.1. The SMILES string of the molecule is CC(C)(c1ccccc1)c1cc(-c2cccc3c2nc(-c2ccccc2O)n3-c2ccccc2)[c-]c(-c2nccc3c4ccccc4n(-c4ccccc4)c23)c1.[Pt]. The monoisotopic (exact) mass is 916 g/mol. The maximum atomic E-state index is 11.1.